The van der Waals surface area contributed by atoms with Crippen molar-refractivity contribution in [3.63, 3.8) is 0 Å². The van der Waals surface area contributed by atoms with E-state index in [0.717, 1.165) is 6.42 Å². The predicted octanol–water partition coefficient (Wildman–Crippen LogP) is 7.91. The number of hydrogen-bond donors (Lipinski definition) is 0. The largest absolute Gasteiger partial charge is 0.103 e. The minimum absolute atomic E-state index is 1.08. The monoisotopic (exact) mass is 248 g/mol. The molecule has 0 aromatic heterocycles. The molecule has 0 unspecified atom stereocenters. The van der Waals surface area contributed by atoms with Crippen LogP contribution in [0, 0.1) is 0 Å². The number of rotatable bonds is 1. The van der Waals surface area contributed by atoms with E-state index in [4.69, 9.17) is 0 Å². The topological polar surface area (TPSA) is 0 Å². The lowest BCUT2D eigenvalue weighted by molar-refractivity contribution is 1.23. The first-order valence-electron chi connectivity index (χ1n) is 7.51. The lowest BCUT2D eigenvalue weighted by Gasteiger charge is -1.57. The lowest BCUT2D eigenvalue weighted by atomic mass is 10.5. The van der Waals surface area contributed by atoms with E-state index in [9.17, 15) is 0 Å². The molecular weight excluding hydrogens is 204 g/mol. The van der Waals surface area contributed by atoms with Crippen molar-refractivity contribution >= 4 is 0 Å². The Bertz CT molecular complexity index is 35.3. The van der Waals surface area contributed by atoms with Gasteiger partial charge in [0.15, 0.2) is 0 Å². The predicted molar refractivity (Wildman–Crippen MR) is 93.1 cm³/mol. The van der Waals surface area contributed by atoms with Gasteiger partial charge in [0.05, 0.1) is 0 Å². The van der Waals surface area contributed by atoms with E-state index >= 15 is 0 Å². The van der Waals surface area contributed by atoms with Gasteiger partial charge in [0, 0.05) is 0 Å². The van der Waals surface area contributed by atoms with Crippen LogP contribution in [0.2, 0.25) is 0 Å². The summed E-state index contributed by atoms with van der Waals surface area (Å²) in [4.78, 5) is 0. The number of allylic oxidation sites excluding steroid dienone is 2. The highest BCUT2D eigenvalue weighted by atomic mass is 13.5. The summed E-state index contributed by atoms with van der Waals surface area (Å²) < 4.78 is 0. The Morgan fingerprint density at radius 2 is 0.706 bits per heavy atom. The Labute approximate surface area is 115 Å². The molecule has 0 saturated heterocycles. The molecule has 0 aromatic rings. The molecule has 0 rings (SSSR count). The molecule has 0 aliphatic heterocycles. The molecule has 112 valence electrons. The summed E-state index contributed by atoms with van der Waals surface area (Å²) >= 11 is 0. The first-order valence-corrected chi connectivity index (χ1v) is 7.51. The molecule has 0 bridgehead atoms. The fraction of sp³-hybridized carbons (Fsp3) is 0.765. The maximum atomic E-state index is 3.48. The van der Waals surface area contributed by atoms with Crippen molar-refractivity contribution in [1.82, 2.24) is 0 Å². The molecule has 0 aliphatic carbocycles. The Hall–Kier alpha value is -0.520. The van der Waals surface area contributed by atoms with Gasteiger partial charge < -0.3 is 0 Å². The maximum absolute atomic E-state index is 3.48. The van der Waals surface area contributed by atoms with Crippen LogP contribution in [-0.4, -0.2) is 0 Å². The van der Waals surface area contributed by atoms with Gasteiger partial charge in [0.25, 0.3) is 0 Å². The van der Waals surface area contributed by atoms with Crippen LogP contribution in [-0.2, 0) is 0 Å². The zero-order valence-corrected chi connectivity index (χ0v) is 15.3. The Kier molecular flexibility index (Phi) is 1360. The summed E-state index contributed by atoms with van der Waals surface area (Å²) in [5.74, 6) is 0. The summed E-state index contributed by atoms with van der Waals surface area (Å²) in [6.07, 6.45) is 4.71. The third-order valence-corrected chi connectivity index (χ3v) is 0.289. The van der Waals surface area contributed by atoms with Gasteiger partial charge in [-0.15, -0.1) is 13.2 Å². The summed E-state index contributed by atoms with van der Waals surface area (Å²) in [6, 6.07) is 0. The van der Waals surface area contributed by atoms with Gasteiger partial charge in [0.2, 0.25) is 0 Å². The molecule has 0 spiro atoms. The Balaban J connectivity index is -0.0000000141. The first kappa shape index (κ1) is 43.9. The van der Waals surface area contributed by atoms with Crippen LogP contribution in [0.1, 0.15) is 89.5 Å². The normalized spacial score (nSPS) is 4.00. The van der Waals surface area contributed by atoms with E-state index in [1.165, 1.54) is 0 Å². The molecule has 0 amide bonds. The molecule has 0 radical (unpaired) electrons. The van der Waals surface area contributed by atoms with Crippen LogP contribution in [0.5, 0.6) is 0 Å². The summed E-state index contributed by atoms with van der Waals surface area (Å²) in [6.45, 7) is 30.8. The minimum Gasteiger partial charge on any atom is -0.103 e. The van der Waals surface area contributed by atoms with Gasteiger partial charge in [0.1, 0.15) is 0 Å². The van der Waals surface area contributed by atoms with Gasteiger partial charge in [-0.2, -0.15) is 0 Å². The first-order chi connectivity index (χ1) is 8.33. The molecule has 17 heavy (non-hydrogen) atoms. The van der Waals surface area contributed by atoms with Crippen LogP contribution in [0.15, 0.2) is 25.3 Å². The molecule has 0 atom stereocenters. The molecule has 0 fully saturated rings. The molecule has 0 N–H and O–H groups in total. The van der Waals surface area contributed by atoms with Crippen molar-refractivity contribution in [1.29, 1.82) is 0 Å². The Morgan fingerprint density at radius 3 is 0.706 bits per heavy atom. The van der Waals surface area contributed by atoms with Gasteiger partial charge >= 0.3 is 0 Å². The SMILES string of the molecule is C=CC.C=CCC.CC.CC.CC.CC.CC. The summed E-state index contributed by atoms with van der Waals surface area (Å²) in [7, 11) is 0. The smallest absolute Gasteiger partial charge is 0.0382 e. The van der Waals surface area contributed by atoms with Gasteiger partial charge in [-0.3, -0.25) is 0 Å². The van der Waals surface area contributed by atoms with Gasteiger partial charge in [-0.1, -0.05) is 88.3 Å². The fourth-order valence-electron chi connectivity index (χ4n) is 0. The molecule has 0 saturated carbocycles. The van der Waals surface area contributed by atoms with Crippen molar-refractivity contribution in [3.05, 3.63) is 25.3 Å². The van der Waals surface area contributed by atoms with Crippen molar-refractivity contribution in [2.24, 2.45) is 0 Å². The standard InChI is InChI=1S/C4H8.C3H6.5C2H6/c1-3-4-2;1-3-2;5*1-2/h3H,1,4H2,2H3;3H,1H2,2H3;5*1-2H3. The van der Waals surface area contributed by atoms with E-state index < -0.39 is 0 Å². The van der Waals surface area contributed by atoms with E-state index in [1.54, 1.807) is 6.08 Å². The van der Waals surface area contributed by atoms with E-state index in [0.29, 0.717) is 0 Å². The highest BCUT2D eigenvalue weighted by molar-refractivity contribution is 4.60. The lowest BCUT2D eigenvalue weighted by Crippen LogP contribution is -1.36. The average molecular weight is 249 g/mol. The summed E-state index contributed by atoms with van der Waals surface area (Å²) in [5.41, 5.74) is 0. The van der Waals surface area contributed by atoms with E-state index in [-0.39, 0.29) is 0 Å². The van der Waals surface area contributed by atoms with Gasteiger partial charge in [-0.25, -0.2) is 0 Å². The van der Waals surface area contributed by atoms with E-state index in [1.807, 2.05) is 82.2 Å². The number of hydrogen-bond acceptors (Lipinski definition) is 0. The molecule has 0 heteroatoms. The van der Waals surface area contributed by atoms with E-state index in [2.05, 4.69) is 20.1 Å². The third kappa shape index (κ3) is 12200. The molecule has 0 aromatic carbocycles. The molecule has 0 nitrogen and oxygen atoms in total. The molecule has 0 heterocycles. The average Bonchev–Trinajstić information content (AvgIpc) is 2.50. The van der Waals surface area contributed by atoms with Crippen LogP contribution < -0.4 is 0 Å². The van der Waals surface area contributed by atoms with Gasteiger partial charge in [-0.05, 0) is 13.3 Å². The highest BCUT2D eigenvalue weighted by Crippen LogP contribution is 1.66. The fourth-order valence-corrected chi connectivity index (χ4v) is 0. The van der Waals surface area contributed by atoms with Crippen molar-refractivity contribution in [3.8, 4) is 0 Å². The van der Waals surface area contributed by atoms with Crippen molar-refractivity contribution < 1.29 is 0 Å². The molecular formula is C17H44. The second-order valence-corrected chi connectivity index (χ2v) is 1.11. The van der Waals surface area contributed by atoms with Crippen molar-refractivity contribution in [2.75, 3.05) is 0 Å². The minimum atomic E-state index is 1.08. The Morgan fingerprint density at radius 1 is 0.647 bits per heavy atom. The molecule has 0 aliphatic rings. The second kappa shape index (κ2) is 528. The van der Waals surface area contributed by atoms with Crippen LogP contribution in [0.25, 0.3) is 0 Å². The van der Waals surface area contributed by atoms with Crippen LogP contribution in [0.4, 0.5) is 0 Å². The quantitative estimate of drug-likeness (QED) is 0.414. The highest BCUT2D eigenvalue weighted by Gasteiger charge is 1.45. The zero-order valence-electron chi connectivity index (χ0n) is 15.3. The third-order valence-electron chi connectivity index (χ3n) is 0.289. The summed E-state index contributed by atoms with van der Waals surface area (Å²) in [5, 5.41) is 0. The van der Waals surface area contributed by atoms with Crippen LogP contribution in [0.3, 0.4) is 0 Å². The second-order valence-electron chi connectivity index (χ2n) is 1.11. The van der Waals surface area contributed by atoms with Crippen molar-refractivity contribution in [2.45, 2.75) is 89.5 Å². The van der Waals surface area contributed by atoms with Crippen LogP contribution >= 0.6 is 0 Å². The zero-order chi connectivity index (χ0) is 16.1. The maximum Gasteiger partial charge on any atom is -0.0382 e.